The molecule has 1 aliphatic carbocycles. The number of nitrogens with one attached hydrogen (secondary N) is 2. The molecule has 88 valence electrons. The van der Waals surface area contributed by atoms with Gasteiger partial charge in [0.15, 0.2) is 11.6 Å². The van der Waals surface area contributed by atoms with Gasteiger partial charge in [-0.1, -0.05) is 0 Å². The van der Waals surface area contributed by atoms with E-state index in [1.807, 2.05) is 13.8 Å². The van der Waals surface area contributed by atoms with Crippen molar-refractivity contribution in [3.8, 4) is 0 Å². The van der Waals surface area contributed by atoms with E-state index < -0.39 is 5.82 Å². The zero-order valence-corrected chi connectivity index (χ0v) is 9.42. The number of halogens is 1. The van der Waals surface area contributed by atoms with E-state index >= 15 is 0 Å². The van der Waals surface area contributed by atoms with Crippen molar-refractivity contribution < 1.29 is 4.39 Å². The van der Waals surface area contributed by atoms with Crippen LogP contribution < -0.4 is 16.6 Å². The smallest absolute Gasteiger partial charge is 0.239 e. The van der Waals surface area contributed by atoms with Crippen molar-refractivity contribution in [2.45, 2.75) is 32.2 Å². The first-order chi connectivity index (χ1) is 7.53. The summed E-state index contributed by atoms with van der Waals surface area (Å²) >= 11 is 0. The summed E-state index contributed by atoms with van der Waals surface area (Å²) < 4.78 is 13.5. The highest BCUT2D eigenvalue weighted by molar-refractivity contribution is 5.43. The van der Waals surface area contributed by atoms with Crippen molar-refractivity contribution in [2.75, 3.05) is 10.7 Å². The van der Waals surface area contributed by atoms with Gasteiger partial charge in [-0.25, -0.2) is 15.2 Å². The number of hydrogen-bond acceptors (Lipinski definition) is 5. The Morgan fingerprint density at radius 3 is 2.75 bits per heavy atom. The highest BCUT2D eigenvalue weighted by Gasteiger charge is 2.38. The Bertz CT molecular complexity index is 389. The van der Waals surface area contributed by atoms with E-state index in [4.69, 9.17) is 5.84 Å². The van der Waals surface area contributed by atoms with Crippen LogP contribution in [0.4, 0.5) is 16.2 Å². The second kappa shape index (κ2) is 3.86. The molecule has 1 saturated carbocycles. The van der Waals surface area contributed by atoms with E-state index in [0.717, 1.165) is 6.20 Å². The third-order valence-corrected chi connectivity index (χ3v) is 2.91. The van der Waals surface area contributed by atoms with Gasteiger partial charge in [0.05, 0.1) is 6.20 Å². The number of rotatable bonds is 4. The first-order valence-electron chi connectivity index (χ1n) is 5.30. The van der Waals surface area contributed by atoms with E-state index in [2.05, 4.69) is 20.7 Å². The quantitative estimate of drug-likeness (QED) is 0.535. The van der Waals surface area contributed by atoms with Gasteiger partial charge < -0.3 is 5.32 Å². The molecule has 0 aliphatic heterocycles. The van der Waals surface area contributed by atoms with Gasteiger partial charge in [0.25, 0.3) is 0 Å². The van der Waals surface area contributed by atoms with Crippen LogP contribution in [0.1, 0.15) is 26.7 Å². The van der Waals surface area contributed by atoms with Crippen molar-refractivity contribution in [3.05, 3.63) is 12.0 Å². The van der Waals surface area contributed by atoms with E-state index in [1.54, 1.807) is 0 Å². The average molecular weight is 225 g/mol. The number of anilines is 2. The van der Waals surface area contributed by atoms with Crippen molar-refractivity contribution in [1.82, 2.24) is 9.97 Å². The van der Waals surface area contributed by atoms with Crippen LogP contribution in [0.25, 0.3) is 0 Å². The van der Waals surface area contributed by atoms with E-state index in [0.29, 0.717) is 5.92 Å². The Kier molecular flexibility index (Phi) is 2.67. The SMILES string of the molecule is CC(C)(Nc1nc(NN)ncc1F)C1CC1. The Hall–Kier alpha value is -1.43. The lowest BCUT2D eigenvalue weighted by Crippen LogP contribution is -2.34. The minimum Gasteiger partial charge on any atom is -0.362 e. The summed E-state index contributed by atoms with van der Waals surface area (Å²) in [5.74, 6) is 5.69. The molecule has 16 heavy (non-hydrogen) atoms. The largest absolute Gasteiger partial charge is 0.362 e. The van der Waals surface area contributed by atoms with Crippen LogP contribution in [-0.4, -0.2) is 15.5 Å². The number of hydrogen-bond donors (Lipinski definition) is 3. The molecule has 0 amide bonds. The number of nitrogen functional groups attached to an aromatic ring is 1. The normalized spacial score (nSPS) is 16.0. The Morgan fingerprint density at radius 1 is 1.50 bits per heavy atom. The summed E-state index contributed by atoms with van der Waals surface area (Å²) in [5.41, 5.74) is 2.14. The summed E-state index contributed by atoms with van der Waals surface area (Å²) in [6.45, 7) is 4.09. The molecule has 0 atom stereocenters. The van der Waals surface area contributed by atoms with Crippen LogP contribution in [0.3, 0.4) is 0 Å². The van der Waals surface area contributed by atoms with Crippen LogP contribution in [0.5, 0.6) is 0 Å². The zero-order valence-electron chi connectivity index (χ0n) is 9.42. The summed E-state index contributed by atoms with van der Waals surface area (Å²) in [5, 5.41) is 3.10. The molecule has 2 rings (SSSR count). The van der Waals surface area contributed by atoms with Crippen molar-refractivity contribution >= 4 is 11.8 Å². The van der Waals surface area contributed by atoms with Crippen molar-refractivity contribution in [3.63, 3.8) is 0 Å². The fraction of sp³-hybridized carbons (Fsp3) is 0.600. The van der Waals surface area contributed by atoms with Gasteiger partial charge in [-0.2, -0.15) is 4.98 Å². The molecule has 1 aromatic rings. The number of nitrogens with two attached hydrogens (primary N) is 1. The Morgan fingerprint density at radius 2 is 2.19 bits per heavy atom. The minimum atomic E-state index is -0.465. The second-order valence-corrected chi connectivity index (χ2v) is 4.66. The molecule has 0 unspecified atom stereocenters. The second-order valence-electron chi connectivity index (χ2n) is 4.66. The molecule has 1 fully saturated rings. The maximum atomic E-state index is 13.5. The van der Waals surface area contributed by atoms with Gasteiger partial charge in [-0.05, 0) is 32.6 Å². The maximum absolute atomic E-state index is 13.5. The van der Waals surface area contributed by atoms with Gasteiger partial charge in [-0.3, -0.25) is 5.43 Å². The molecule has 0 aromatic carbocycles. The lowest BCUT2D eigenvalue weighted by molar-refractivity contribution is 0.485. The monoisotopic (exact) mass is 225 g/mol. The predicted molar refractivity (Wildman–Crippen MR) is 60.2 cm³/mol. The van der Waals surface area contributed by atoms with Gasteiger partial charge in [0.1, 0.15) is 0 Å². The first kappa shape index (κ1) is 11.1. The molecule has 0 radical (unpaired) electrons. The molecule has 0 saturated heterocycles. The van der Waals surface area contributed by atoms with Crippen molar-refractivity contribution in [2.24, 2.45) is 11.8 Å². The molecular formula is C10H16FN5. The van der Waals surface area contributed by atoms with Crippen molar-refractivity contribution in [1.29, 1.82) is 0 Å². The fourth-order valence-corrected chi connectivity index (χ4v) is 1.74. The van der Waals surface area contributed by atoms with E-state index in [9.17, 15) is 4.39 Å². The molecule has 1 heterocycles. The molecule has 4 N–H and O–H groups in total. The molecule has 1 aliphatic rings. The van der Waals surface area contributed by atoms with Crippen LogP contribution in [-0.2, 0) is 0 Å². The van der Waals surface area contributed by atoms with E-state index in [-0.39, 0.29) is 17.3 Å². The lowest BCUT2D eigenvalue weighted by atomic mass is 9.99. The topological polar surface area (TPSA) is 75.9 Å². The summed E-state index contributed by atoms with van der Waals surface area (Å²) in [4.78, 5) is 7.64. The first-order valence-corrected chi connectivity index (χ1v) is 5.30. The van der Waals surface area contributed by atoms with Gasteiger partial charge in [0.2, 0.25) is 5.95 Å². The molecule has 6 heteroatoms. The van der Waals surface area contributed by atoms with Crippen LogP contribution in [0.2, 0.25) is 0 Å². The van der Waals surface area contributed by atoms with E-state index in [1.165, 1.54) is 12.8 Å². The maximum Gasteiger partial charge on any atom is 0.239 e. The summed E-state index contributed by atoms with van der Waals surface area (Å²) in [6, 6.07) is 0. The lowest BCUT2D eigenvalue weighted by Gasteiger charge is -2.27. The number of aromatic nitrogens is 2. The van der Waals surface area contributed by atoms with Crippen LogP contribution in [0, 0.1) is 11.7 Å². The summed E-state index contributed by atoms with van der Waals surface area (Å²) in [7, 11) is 0. The molecule has 0 spiro atoms. The summed E-state index contributed by atoms with van der Waals surface area (Å²) in [6.07, 6.45) is 3.46. The average Bonchev–Trinajstić information content (AvgIpc) is 3.04. The van der Waals surface area contributed by atoms with Crippen LogP contribution >= 0.6 is 0 Å². The highest BCUT2D eigenvalue weighted by atomic mass is 19.1. The highest BCUT2D eigenvalue weighted by Crippen LogP contribution is 2.41. The molecule has 1 aromatic heterocycles. The minimum absolute atomic E-state index is 0.152. The zero-order chi connectivity index (χ0) is 11.8. The van der Waals surface area contributed by atoms with Gasteiger partial charge >= 0.3 is 0 Å². The predicted octanol–water partition coefficient (Wildman–Crippen LogP) is 1.50. The number of hydrazine groups is 1. The van der Waals surface area contributed by atoms with Gasteiger partial charge in [-0.15, -0.1) is 0 Å². The third kappa shape index (κ3) is 2.21. The fourth-order valence-electron chi connectivity index (χ4n) is 1.74. The van der Waals surface area contributed by atoms with Crippen LogP contribution in [0.15, 0.2) is 6.20 Å². The molecule has 5 nitrogen and oxygen atoms in total. The third-order valence-electron chi connectivity index (χ3n) is 2.91. The standard InChI is InChI=1S/C10H16FN5/c1-10(2,6-3-4-6)15-8-7(11)5-13-9(14-8)16-12/h5-6H,3-4,12H2,1-2H3,(H2,13,14,15,16). The number of nitrogens with zero attached hydrogens (tertiary/aromatic N) is 2. The molecular weight excluding hydrogens is 209 g/mol. The van der Waals surface area contributed by atoms with Gasteiger partial charge in [0, 0.05) is 5.54 Å². The Balaban J connectivity index is 2.19. The molecule has 0 bridgehead atoms. The Labute approximate surface area is 93.6 Å².